The van der Waals surface area contributed by atoms with Crippen LogP contribution in [0.25, 0.3) is 0 Å². The highest BCUT2D eigenvalue weighted by Gasteiger charge is 2.48. The van der Waals surface area contributed by atoms with Crippen LogP contribution in [0, 0.1) is 47.3 Å². The Morgan fingerprint density at radius 3 is 1.96 bits per heavy atom. The molecule has 2 aromatic rings. The van der Waals surface area contributed by atoms with Crippen molar-refractivity contribution in [1.82, 2.24) is 50.5 Å². The van der Waals surface area contributed by atoms with Crippen molar-refractivity contribution < 1.29 is 116 Å². The molecule has 2 saturated heterocycles. The van der Waals surface area contributed by atoms with E-state index in [-0.39, 0.29) is 158 Å². The zero-order valence-electron chi connectivity index (χ0n) is 74.0. The first kappa shape index (κ1) is 103. The van der Waals surface area contributed by atoms with Crippen molar-refractivity contribution in [3.05, 3.63) is 59.4 Å². The summed E-state index contributed by atoms with van der Waals surface area (Å²) in [7, 11) is 6.20. The number of rotatable bonds is 55. The van der Waals surface area contributed by atoms with Gasteiger partial charge in [-0.25, -0.2) is 4.68 Å². The second-order valence-electron chi connectivity index (χ2n) is 34.0. The van der Waals surface area contributed by atoms with E-state index in [4.69, 9.17) is 37.9 Å². The van der Waals surface area contributed by atoms with Gasteiger partial charge >= 0.3 is 0 Å². The maximum absolute atomic E-state index is 15.1. The monoisotopic (exact) mass is 1710 g/mol. The SMILES string of the molecule is CC[C@H](C)[C@@H]([C@@H](CC(=O)N1CCC[C@H]1[C@H](OC)[C@@H](C)C(=O)N[C@H](C)[C@@H](O)c1ccccc1)OC)N(C)C(=O)[C@@H](CC(=O)[C@H](C(C)C)N(C)C(=O)[C@H](C)CC(=O)[C@@H](NC(=O)[C@@H](CCCCNC(=O)COC1CCCCCc2c1nnn2[C@@H]1O[C@H](CO)[C@H](O)[C@H](O)[C@H]1O)CC(=O)CCOCCOCCOCCOCCN1C(=O)C=CC1O)C(C)C)C(C)C. The summed E-state index contributed by atoms with van der Waals surface area (Å²) in [5.41, 5.74) is 1.64. The Morgan fingerprint density at radius 1 is 0.694 bits per heavy atom. The van der Waals surface area contributed by atoms with E-state index in [1.54, 1.807) is 77.4 Å². The molecule has 1 aliphatic carbocycles. The largest absolute Gasteiger partial charge is 0.394 e. The van der Waals surface area contributed by atoms with Crippen LogP contribution in [-0.4, -0.2) is 311 Å². The molecule has 34 heteroatoms. The molecule has 9 N–H and O–H groups in total. The van der Waals surface area contributed by atoms with E-state index in [1.165, 1.54) is 47.9 Å². The number of benzene rings is 1. The Bertz CT molecular complexity index is 3590. The third-order valence-electron chi connectivity index (χ3n) is 24.1. The highest BCUT2D eigenvalue weighted by molar-refractivity contribution is 5.96. The van der Waals surface area contributed by atoms with E-state index < -0.39 is 157 Å². The Balaban J connectivity index is 1.05. The van der Waals surface area contributed by atoms with Crippen molar-refractivity contribution in [3.63, 3.8) is 0 Å². The number of carbonyl (C=O) groups excluding carboxylic acids is 10. The number of aromatic nitrogens is 3. The standard InChI is InChI=1S/C87H142N10O24/c1-16-55(8)77(68(114-14)49-73(105)95-36-25-30-64(95)82(115-15)57(10)83(110)89-58(11)78(106)59-26-19-17-20-27-59)94(13)86(113)62(52(2)3)48-66(101)76(54(6)7)93(12)85(112)56(9)46-65(100)74(53(4)5)90-84(111)60(47-61(99)34-38-116-40-42-118-44-45-119-43-41-117-39-37-96-71(103)32-33-72(96)104)28-23-24-35-88-70(102)51-120-67-31-22-18-21-29-63-75(67)91-92-97(63)87-81(109)80(108)79(107)69(50-98)121-87/h17,19-20,26-27,32-33,52-58,60,62,64,67-69,71,74,76-82,87,98,103,106-109H,16,18,21-25,28-31,34-51H2,1-15H3,(H,88,102)(H,89,110)(H,90,111)/t55-,56+,57+,58+,60-,62-,64-,67?,68+,69+,71?,74-,76-,77-,78+,79-,80-,81+,82+,87+/m0/s1. The predicted molar refractivity (Wildman–Crippen MR) is 445 cm³/mol. The molecular weight excluding hydrogens is 1570 g/mol. The second kappa shape index (κ2) is 51.9. The van der Waals surface area contributed by atoms with Gasteiger partial charge in [-0.2, -0.15) is 0 Å². The topological polar surface area (TPSA) is 446 Å². The number of ketones is 3. The fourth-order valence-corrected chi connectivity index (χ4v) is 16.7. The van der Waals surface area contributed by atoms with Crippen molar-refractivity contribution >= 4 is 58.7 Å². The molecule has 7 amide bonds. The number of unbranched alkanes of at least 4 members (excludes halogenated alkanes) is 1. The lowest BCUT2D eigenvalue weighted by Crippen LogP contribution is -2.56. The fourth-order valence-electron chi connectivity index (χ4n) is 16.7. The molecule has 1 aromatic carbocycles. The lowest BCUT2D eigenvalue weighted by Gasteiger charge is -2.41. The number of carbonyl (C=O) groups is 10. The van der Waals surface area contributed by atoms with E-state index in [2.05, 4.69) is 26.3 Å². The van der Waals surface area contributed by atoms with Crippen LogP contribution in [-0.2, 0) is 92.3 Å². The molecule has 0 saturated carbocycles. The molecule has 4 aliphatic rings. The van der Waals surface area contributed by atoms with Crippen molar-refractivity contribution in [3.8, 4) is 0 Å². The number of amides is 7. The molecule has 1 aromatic heterocycles. The molecule has 2 fully saturated rings. The summed E-state index contributed by atoms with van der Waals surface area (Å²) in [5.74, 6) is -8.71. The van der Waals surface area contributed by atoms with Crippen LogP contribution >= 0.6 is 0 Å². The van der Waals surface area contributed by atoms with Crippen LogP contribution in [0.2, 0.25) is 0 Å². The molecule has 2 unspecified atom stereocenters. The quantitative estimate of drug-likeness (QED) is 0.0421. The first-order valence-electron chi connectivity index (χ1n) is 43.5. The van der Waals surface area contributed by atoms with Gasteiger partial charge in [0, 0.05) is 97.5 Å². The Hall–Kier alpha value is -7.16. The first-order valence-corrected chi connectivity index (χ1v) is 43.5. The number of nitrogens with zero attached hydrogens (tertiary/aromatic N) is 7. The van der Waals surface area contributed by atoms with Crippen LogP contribution < -0.4 is 16.0 Å². The molecule has 684 valence electrons. The maximum Gasteiger partial charge on any atom is 0.248 e. The average Bonchev–Trinajstić information content (AvgIpc) is 1.70. The van der Waals surface area contributed by atoms with Crippen LogP contribution in [0.4, 0.5) is 0 Å². The van der Waals surface area contributed by atoms with Gasteiger partial charge in [0.05, 0.1) is 126 Å². The molecule has 34 nitrogen and oxygen atoms in total. The normalized spacial score (nSPS) is 22.5. The molecule has 3 aliphatic heterocycles. The predicted octanol–water partition coefficient (Wildman–Crippen LogP) is 4.07. The molecule has 121 heavy (non-hydrogen) atoms. The Morgan fingerprint density at radius 2 is 1.36 bits per heavy atom. The highest BCUT2D eigenvalue weighted by atomic mass is 16.6. The molecule has 0 radical (unpaired) electrons. The third kappa shape index (κ3) is 30.0. The van der Waals surface area contributed by atoms with Gasteiger partial charge in [0.1, 0.15) is 54.8 Å². The molecule has 4 heterocycles. The summed E-state index contributed by atoms with van der Waals surface area (Å²) in [5, 5.41) is 79.9. The Labute approximate surface area is 713 Å². The van der Waals surface area contributed by atoms with Gasteiger partial charge in [0.15, 0.2) is 17.8 Å². The molecule has 0 bridgehead atoms. The number of Topliss-reactive ketones (excluding diaryl/α,β-unsaturated/α-hetero) is 3. The number of nitrogens with one attached hydrogen (secondary N) is 3. The number of likely N-dealkylation sites (tertiary alicyclic amines) is 1. The lowest BCUT2D eigenvalue weighted by molar-refractivity contribution is -0.254. The van der Waals surface area contributed by atoms with Gasteiger partial charge < -0.3 is 104 Å². The van der Waals surface area contributed by atoms with Crippen molar-refractivity contribution in [2.45, 2.75) is 270 Å². The van der Waals surface area contributed by atoms with Crippen LogP contribution in [0.3, 0.4) is 0 Å². The van der Waals surface area contributed by atoms with Crippen LogP contribution in [0.1, 0.15) is 208 Å². The van der Waals surface area contributed by atoms with Gasteiger partial charge in [0.25, 0.3) is 0 Å². The van der Waals surface area contributed by atoms with Crippen molar-refractivity contribution in [1.29, 1.82) is 0 Å². The third-order valence-corrected chi connectivity index (χ3v) is 24.1. The minimum absolute atomic E-state index is 0.0326. The summed E-state index contributed by atoms with van der Waals surface area (Å²) >= 11 is 0. The first-order chi connectivity index (χ1) is 57.6. The number of likely N-dealkylation sites (N-methyl/N-ethyl adjacent to an activating group) is 2. The number of hydrogen-bond acceptors (Lipinski definition) is 26. The average molecular weight is 1710 g/mol. The number of fused-ring (bicyclic) bond motifs is 1. The smallest absolute Gasteiger partial charge is 0.248 e. The van der Waals surface area contributed by atoms with Gasteiger partial charge in [-0.1, -0.05) is 130 Å². The van der Waals surface area contributed by atoms with Gasteiger partial charge in [0.2, 0.25) is 41.4 Å². The maximum atomic E-state index is 15.1. The number of ether oxygens (including phenoxy) is 8. The summed E-state index contributed by atoms with van der Waals surface area (Å²) < 4.78 is 47.8. The molecule has 0 spiro atoms. The lowest BCUT2D eigenvalue weighted by atomic mass is 9.83. The highest BCUT2D eigenvalue weighted by Crippen LogP contribution is 2.37. The van der Waals surface area contributed by atoms with Crippen molar-refractivity contribution in [2.24, 2.45) is 47.3 Å². The van der Waals surface area contributed by atoms with Crippen LogP contribution in [0.15, 0.2) is 42.5 Å². The minimum atomic E-state index is -1.63. The summed E-state index contributed by atoms with van der Waals surface area (Å²) in [6.07, 6.45) is -3.41. The summed E-state index contributed by atoms with van der Waals surface area (Å²) in [4.78, 5) is 147. The number of hydrogen-bond donors (Lipinski definition) is 9. The number of methoxy groups -OCH3 is 2. The van der Waals surface area contributed by atoms with Crippen LogP contribution in [0.5, 0.6) is 0 Å². The van der Waals surface area contributed by atoms with Gasteiger partial charge in [-0.15, -0.1) is 5.10 Å². The molecule has 6 rings (SSSR count). The number of aliphatic hydroxyl groups is 6. The van der Waals surface area contributed by atoms with E-state index in [0.29, 0.717) is 68.4 Å². The summed E-state index contributed by atoms with van der Waals surface area (Å²) in [6, 6.07) is 5.23. The van der Waals surface area contributed by atoms with E-state index in [1.807, 2.05) is 45.9 Å². The Kier molecular flexibility index (Phi) is 44.1. The summed E-state index contributed by atoms with van der Waals surface area (Å²) in [6.45, 7) is 21.4. The minimum Gasteiger partial charge on any atom is -0.394 e. The van der Waals surface area contributed by atoms with E-state index in [0.717, 1.165) is 19.3 Å². The zero-order chi connectivity index (χ0) is 89.3. The van der Waals surface area contributed by atoms with E-state index >= 15 is 4.79 Å². The van der Waals surface area contributed by atoms with E-state index in [9.17, 15) is 73.8 Å². The fraction of sp³-hybridized carbons (Fsp3) is 0.770. The van der Waals surface area contributed by atoms with Gasteiger partial charge in [-0.05, 0) is 87.2 Å². The van der Waals surface area contributed by atoms with Gasteiger partial charge in [-0.3, -0.25) is 47.9 Å². The number of aliphatic hydroxyl groups excluding tert-OH is 6. The molecular formula is C87H142N10O24. The van der Waals surface area contributed by atoms with Crippen molar-refractivity contribution in [2.75, 3.05) is 114 Å². The molecule has 20 atom stereocenters. The zero-order valence-corrected chi connectivity index (χ0v) is 74.0. The second-order valence-corrected chi connectivity index (χ2v) is 34.0.